The van der Waals surface area contributed by atoms with E-state index in [2.05, 4.69) is 49.4 Å². The van der Waals surface area contributed by atoms with Gasteiger partial charge in [-0.25, -0.2) is 0 Å². The van der Waals surface area contributed by atoms with Gasteiger partial charge in [0.2, 0.25) is 0 Å². The summed E-state index contributed by atoms with van der Waals surface area (Å²) in [5.41, 5.74) is 5.30. The summed E-state index contributed by atoms with van der Waals surface area (Å²) in [7, 11) is 3.41. The van der Waals surface area contributed by atoms with Crippen LogP contribution < -0.4 is 0 Å². The second-order valence-corrected chi connectivity index (χ2v) is 8.85. The minimum atomic E-state index is 0.175. The quantitative estimate of drug-likeness (QED) is 0.355. The molecular weight excluding hydrogens is 368 g/mol. The number of rotatable bonds is 4. The highest BCUT2D eigenvalue weighted by Gasteiger charge is 2.25. The lowest BCUT2D eigenvalue weighted by Crippen LogP contribution is -2.15. The molecule has 0 radical (unpaired) electrons. The van der Waals surface area contributed by atoms with Gasteiger partial charge in [0, 0.05) is 20.9 Å². The molecule has 0 saturated heterocycles. The molecule has 0 aliphatic heterocycles. The number of carbonyl (C=O) groups is 1. The Morgan fingerprint density at radius 2 is 1.52 bits per heavy atom. The Morgan fingerprint density at radius 1 is 0.815 bits per heavy atom. The third kappa shape index (κ3) is 4.05. The summed E-state index contributed by atoms with van der Waals surface area (Å²) in [5, 5.41) is 0. The minimum absolute atomic E-state index is 0.175. The number of Topliss-reactive ketones (excluding diaryl/α,β-unsaturated/α-hetero) is 1. The van der Waals surface area contributed by atoms with Gasteiger partial charge in [-0.15, -0.1) is 0 Å². The SMILES string of the molecule is Cc1ccc(/C(SSc2ccccc2)=C2\CCc3ccccc3C2=O)cc1. The first-order valence-corrected chi connectivity index (χ1v) is 11.2. The van der Waals surface area contributed by atoms with Crippen LogP contribution in [0.25, 0.3) is 4.91 Å². The summed E-state index contributed by atoms with van der Waals surface area (Å²) in [6.45, 7) is 2.09. The summed E-state index contributed by atoms with van der Waals surface area (Å²) in [6.07, 6.45) is 1.71. The zero-order chi connectivity index (χ0) is 18.6. The molecule has 0 amide bonds. The Kier molecular flexibility index (Phi) is 5.51. The molecule has 0 spiro atoms. The minimum Gasteiger partial charge on any atom is -0.289 e. The molecule has 27 heavy (non-hydrogen) atoms. The first kappa shape index (κ1) is 18.1. The maximum Gasteiger partial charge on any atom is 0.190 e. The van der Waals surface area contributed by atoms with Gasteiger partial charge in [0.15, 0.2) is 5.78 Å². The fourth-order valence-electron chi connectivity index (χ4n) is 3.26. The highest BCUT2D eigenvalue weighted by molar-refractivity contribution is 8.80. The number of fused-ring (bicyclic) bond motifs is 1. The van der Waals surface area contributed by atoms with Gasteiger partial charge in [0.1, 0.15) is 0 Å². The molecule has 0 N–H and O–H groups in total. The van der Waals surface area contributed by atoms with E-state index in [1.807, 2.05) is 36.4 Å². The molecule has 1 aliphatic carbocycles. The summed E-state index contributed by atoms with van der Waals surface area (Å²) in [5.74, 6) is 0.175. The predicted molar refractivity (Wildman–Crippen MR) is 117 cm³/mol. The first-order valence-electron chi connectivity index (χ1n) is 9.05. The monoisotopic (exact) mass is 388 g/mol. The highest BCUT2D eigenvalue weighted by atomic mass is 33.1. The highest BCUT2D eigenvalue weighted by Crippen LogP contribution is 2.45. The van der Waals surface area contributed by atoms with Crippen molar-refractivity contribution in [3.05, 3.63) is 107 Å². The molecule has 1 aliphatic rings. The number of ketones is 1. The van der Waals surface area contributed by atoms with E-state index in [1.165, 1.54) is 10.5 Å². The molecule has 1 nitrogen and oxygen atoms in total. The van der Waals surface area contributed by atoms with Gasteiger partial charge < -0.3 is 0 Å². The molecule has 0 atom stereocenters. The van der Waals surface area contributed by atoms with Crippen LogP contribution in [0.15, 0.2) is 89.3 Å². The molecule has 4 rings (SSSR count). The van der Waals surface area contributed by atoms with Crippen molar-refractivity contribution in [2.75, 3.05) is 0 Å². The van der Waals surface area contributed by atoms with E-state index >= 15 is 0 Å². The van der Waals surface area contributed by atoms with E-state index in [4.69, 9.17) is 0 Å². The van der Waals surface area contributed by atoms with Crippen molar-refractivity contribution in [3.63, 3.8) is 0 Å². The van der Waals surface area contributed by atoms with Gasteiger partial charge in [0.05, 0.1) is 0 Å². The van der Waals surface area contributed by atoms with Crippen molar-refractivity contribution in [2.45, 2.75) is 24.7 Å². The van der Waals surface area contributed by atoms with Gasteiger partial charge in [0.25, 0.3) is 0 Å². The normalized spacial score (nSPS) is 15.4. The number of benzene rings is 3. The summed E-state index contributed by atoms with van der Waals surface area (Å²) in [6, 6.07) is 26.8. The van der Waals surface area contributed by atoms with E-state index in [9.17, 15) is 4.79 Å². The molecule has 0 unspecified atom stereocenters. The lowest BCUT2D eigenvalue weighted by Gasteiger charge is -2.21. The van der Waals surface area contributed by atoms with Crippen LogP contribution in [0.4, 0.5) is 0 Å². The van der Waals surface area contributed by atoms with Crippen LogP contribution >= 0.6 is 21.6 Å². The van der Waals surface area contributed by atoms with Gasteiger partial charge >= 0.3 is 0 Å². The fourth-order valence-corrected chi connectivity index (χ4v) is 5.69. The zero-order valence-electron chi connectivity index (χ0n) is 15.1. The number of allylic oxidation sites excluding steroid dienone is 1. The molecule has 3 aromatic carbocycles. The molecule has 0 aromatic heterocycles. The van der Waals surface area contributed by atoms with E-state index < -0.39 is 0 Å². The van der Waals surface area contributed by atoms with E-state index in [-0.39, 0.29) is 5.78 Å². The van der Waals surface area contributed by atoms with Gasteiger partial charge in [-0.2, -0.15) is 0 Å². The van der Waals surface area contributed by atoms with Crippen LogP contribution in [0.3, 0.4) is 0 Å². The molecular formula is C24H20OS2. The van der Waals surface area contributed by atoms with Crippen LogP contribution in [0, 0.1) is 6.92 Å². The number of aryl methyl sites for hydroxylation is 2. The molecule has 0 heterocycles. The van der Waals surface area contributed by atoms with E-state index in [0.29, 0.717) is 0 Å². The largest absolute Gasteiger partial charge is 0.289 e. The van der Waals surface area contributed by atoms with Crippen molar-refractivity contribution in [2.24, 2.45) is 0 Å². The average molecular weight is 389 g/mol. The Morgan fingerprint density at radius 3 is 2.30 bits per heavy atom. The van der Waals surface area contributed by atoms with Crippen LogP contribution in [0.1, 0.15) is 33.5 Å². The van der Waals surface area contributed by atoms with Gasteiger partial charge in [-0.05, 0) is 43.0 Å². The van der Waals surface area contributed by atoms with Crippen molar-refractivity contribution >= 4 is 32.3 Å². The zero-order valence-corrected chi connectivity index (χ0v) is 16.8. The first-order chi connectivity index (χ1) is 13.2. The van der Waals surface area contributed by atoms with E-state index in [1.54, 1.807) is 21.6 Å². The molecule has 0 bridgehead atoms. The van der Waals surface area contributed by atoms with Gasteiger partial charge in [-0.3, -0.25) is 4.79 Å². The van der Waals surface area contributed by atoms with Gasteiger partial charge in [-0.1, -0.05) is 93.9 Å². The molecule has 0 saturated carbocycles. The smallest absolute Gasteiger partial charge is 0.190 e. The van der Waals surface area contributed by atoms with Crippen molar-refractivity contribution in [1.29, 1.82) is 0 Å². The van der Waals surface area contributed by atoms with Crippen LogP contribution in [0.5, 0.6) is 0 Å². The second kappa shape index (κ2) is 8.20. The lowest BCUT2D eigenvalue weighted by molar-refractivity contribution is 0.102. The molecule has 3 aromatic rings. The number of carbonyl (C=O) groups excluding carboxylic acids is 1. The van der Waals surface area contributed by atoms with Crippen LogP contribution in [-0.2, 0) is 6.42 Å². The Labute approximate surface area is 168 Å². The Hall–Kier alpha value is -2.23. The Bertz CT molecular complexity index is 988. The summed E-state index contributed by atoms with van der Waals surface area (Å²) < 4.78 is 0. The standard InChI is InChI=1S/C24H20OS2/c1-17-11-13-19(14-12-17)24(27-26-20-8-3-2-4-9-20)22-16-15-18-7-5-6-10-21(18)23(22)25/h2-14H,15-16H2,1H3/b24-22-. The molecule has 134 valence electrons. The fraction of sp³-hybridized carbons (Fsp3) is 0.125. The number of hydrogen-bond donors (Lipinski definition) is 0. The van der Waals surface area contributed by atoms with Crippen molar-refractivity contribution in [3.8, 4) is 0 Å². The van der Waals surface area contributed by atoms with Crippen LogP contribution in [0.2, 0.25) is 0 Å². The predicted octanol–water partition coefficient (Wildman–Crippen LogP) is 6.98. The average Bonchev–Trinajstić information content (AvgIpc) is 2.72. The number of hydrogen-bond acceptors (Lipinski definition) is 3. The summed E-state index contributed by atoms with van der Waals surface area (Å²) in [4.78, 5) is 15.5. The Balaban J connectivity index is 1.74. The molecule has 0 fully saturated rings. The van der Waals surface area contributed by atoms with Crippen LogP contribution in [-0.4, -0.2) is 5.78 Å². The second-order valence-electron chi connectivity index (χ2n) is 6.64. The van der Waals surface area contributed by atoms with Crippen molar-refractivity contribution < 1.29 is 4.79 Å². The van der Waals surface area contributed by atoms with Crippen molar-refractivity contribution in [1.82, 2.24) is 0 Å². The third-order valence-electron chi connectivity index (χ3n) is 4.73. The maximum absolute atomic E-state index is 13.2. The lowest BCUT2D eigenvalue weighted by atomic mass is 9.86. The third-order valence-corrected chi connectivity index (χ3v) is 7.26. The summed E-state index contributed by atoms with van der Waals surface area (Å²) >= 11 is 0. The van der Waals surface area contributed by atoms with E-state index in [0.717, 1.165) is 40.0 Å². The molecule has 3 heteroatoms. The maximum atomic E-state index is 13.2. The topological polar surface area (TPSA) is 17.1 Å².